The van der Waals surface area contributed by atoms with E-state index in [4.69, 9.17) is 16.6 Å². The topological polar surface area (TPSA) is 34.4 Å². The van der Waals surface area contributed by atoms with E-state index in [9.17, 15) is 4.79 Å². The first kappa shape index (κ1) is 20.8. The van der Waals surface area contributed by atoms with Gasteiger partial charge in [0.05, 0.1) is 16.3 Å². The summed E-state index contributed by atoms with van der Waals surface area (Å²) in [6.45, 7) is 0. The van der Waals surface area contributed by atoms with E-state index in [2.05, 4.69) is 40.2 Å². The molecule has 2 heterocycles. The average Bonchev–Trinajstić information content (AvgIpc) is 3.14. The average molecular weight is 534 g/mol. The number of thiazole rings is 1. The van der Waals surface area contributed by atoms with Crippen LogP contribution in [0.4, 0.5) is 0 Å². The van der Waals surface area contributed by atoms with Crippen LogP contribution in [0.3, 0.4) is 0 Å². The smallest absolute Gasteiger partial charge is 0.271 e. The van der Waals surface area contributed by atoms with Gasteiger partial charge >= 0.3 is 0 Å². The number of aryl methyl sites for hydroxylation is 1. The molecule has 0 amide bonds. The second kappa shape index (κ2) is 8.24. The van der Waals surface area contributed by atoms with Crippen molar-refractivity contribution in [3.05, 3.63) is 130 Å². The number of rotatable bonds is 2. The molecule has 1 aliphatic heterocycles. The van der Waals surface area contributed by atoms with Gasteiger partial charge in [0.2, 0.25) is 0 Å². The highest BCUT2D eigenvalue weighted by Crippen LogP contribution is 2.41. The summed E-state index contributed by atoms with van der Waals surface area (Å²) in [5.74, 6) is 0. The van der Waals surface area contributed by atoms with Gasteiger partial charge in [0, 0.05) is 15.1 Å². The van der Waals surface area contributed by atoms with Crippen LogP contribution in [0.25, 0.3) is 11.8 Å². The highest BCUT2D eigenvalue weighted by atomic mass is 79.9. The lowest BCUT2D eigenvalue weighted by Gasteiger charge is -2.30. The molecular weight excluding hydrogens is 516 g/mol. The molecule has 0 bridgehead atoms. The predicted octanol–water partition coefficient (Wildman–Crippen LogP) is 5.73. The molecule has 2 aliphatic rings. The van der Waals surface area contributed by atoms with E-state index >= 15 is 0 Å². The minimum atomic E-state index is -0.186. The van der Waals surface area contributed by atoms with E-state index < -0.39 is 0 Å². The predicted molar refractivity (Wildman–Crippen MR) is 138 cm³/mol. The lowest BCUT2D eigenvalue weighted by molar-refractivity contribution is 0.585. The molecule has 1 aromatic heterocycles. The van der Waals surface area contributed by atoms with Crippen molar-refractivity contribution in [2.75, 3.05) is 0 Å². The first-order valence-corrected chi connectivity index (χ1v) is 12.7. The molecule has 0 saturated heterocycles. The second-order valence-electron chi connectivity index (χ2n) is 8.22. The van der Waals surface area contributed by atoms with Crippen LogP contribution in [0.1, 0.15) is 34.7 Å². The van der Waals surface area contributed by atoms with Gasteiger partial charge in [-0.15, -0.1) is 0 Å². The van der Waals surface area contributed by atoms with Gasteiger partial charge < -0.3 is 0 Å². The van der Waals surface area contributed by atoms with Crippen LogP contribution in [-0.2, 0) is 6.42 Å². The van der Waals surface area contributed by atoms with Crippen LogP contribution in [0.2, 0.25) is 5.02 Å². The number of hydrogen-bond acceptors (Lipinski definition) is 3. The SMILES string of the molecule is O=c1/c(=C\c2ccc(Br)cc2)sc2n1[C@H](c1ccc(Cl)cc1)C1=C(N=2)c2ccccc2CC1. The fourth-order valence-electron chi connectivity index (χ4n) is 4.68. The molecule has 0 spiro atoms. The molecule has 0 unspecified atom stereocenters. The standard InChI is InChI=1S/C27H18BrClN2OS/c28-19-10-5-16(6-11-19)15-23-26(32)31-25(18-7-12-20(29)13-8-18)22-14-9-17-3-1-2-4-21(17)24(22)30-27(31)33-23/h1-8,10-13,15,25H,9,14H2/b23-15+/t25-/m1/s1. The third-order valence-electron chi connectivity index (χ3n) is 6.23. The normalized spacial score (nSPS) is 17.3. The number of nitrogens with zero attached hydrogens (tertiary/aromatic N) is 2. The Morgan fingerprint density at radius 1 is 1.00 bits per heavy atom. The maximum Gasteiger partial charge on any atom is 0.271 e. The molecule has 6 rings (SSSR count). The molecule has 4 aromatic rings. The fourth-order valence-corrected chi connectivity index (χ4v) is 6.07. The molecule has 162 valence electrons. The van der Waals surface area contributed by atoms with Crippen LogP contribution in [0.15, 0.2) is 92.6 Å². The van der Waals surface area contributed by atoms with E-state index in [0.717, 1.165) is 38.9 Å². The number of halogens is 2. The summed E-state index contributed by atoms with van der Waals surface area (Å²) in [5, 5.41) is 0.685. The maximum atomic E-state index is 13.7. The fraction of sp³-hybridized carbons (Fsp3) is 0.111. The van der Waals surface area contributed by atoms with Gasteiger partial charge in [0.15, 0.2) is 4.80 Å². The summed E-state index contributed by atoms with van der Waals surface area (Å²) < 4.78 is 3.56. The molecule has 0 saturated carbocycles. The Balaban J connectivity index is 1.62. The number of hydrogen-bond donors (Lipinski definition) is 0. The summed E-state index contributed by atoms with van der Waals surface area (Å²) in [6.07, 6.45) is 3.77. The van der Waals surface area contributed by atoms with Crippen molar-refractivity contribution in [1.29, 1.82) is 0 Å². The lowest BCUT2D eigenvalue weighted by Crippen LogP contribution is -2.38. The Hall–Kier alpha value is -2.73. The van der Waals surface area contributed by atoms with Crippen molar-refractivity contribution in [2.24, 2.45) is 4.99 Å². The molecule has 0 fully saturated rings. The van der Waals surface area contributed by atoms with Gasteiger partial charge in [-0.2, -0.15) is 0 Å². The highest BCUT2D eigenvalue weighted by molar-refractivity contribution is 9.10. The Bertz CT molecular complexity index is 1600. The Morgan fingerprint density at radius 2 is 1.76 bits per heavy atom. The highest BCUT2D eigenvalue weighted by Gasteiger charge is 2.32. The van der Waals surface area contributed by atoms with E-state index in [1.807, 2.05) is 59.2 Å². The third-order valence-corrected chi connectivity index (χ3v) is 7.99. The van der Waals surface area contributed by atoms with Crippen LogP contribution < -0.4 is 14.9 Å². The first-order chi connectivity index (χ1) is 16.1. The monoisotopic (exact) mass is 532 g/mol. The van der Waals surface area contributed by atoms with Crippen molar-refractivity contribution in [3.8, 4) is 0 Å². The van der Waals surface area contributed by atoms with Crippen molar-refractivity contribution in [2.45, 2.75) is 18.9 Å². The molecule has 33 heavy (non-hydrogen) atoms. The van der Waals surface area contributed by atoms with Gasteiger partial charge in [0.25, 0.3) is 5.56 Å². The second-order valence-corrected chi connectivity index (χ2v) is 10.6. The van der Waals surface area contributed by atoms with Gasteiger partial charge in [-0.1, -0.05) is 87.4 Å². The molecule has 0 radical (unpaired) electrons. The van der Waals surface area contributed by atoms with Gasteiger partial charge in [-0.05, 0) is 65.4 Å². The number of aromatic nitrogens is 1. The number of allylic oxidation sites excluding steroid dienone is 1. The lowest BCUT2D eigenvalue weighted by atomic mass is 9.83. The van der Waals surface area contributed by atoms with Crippen molar-refractivity contribution in [1.82, 2.24) is 4.57 Å². The van der Waals surface area contributed by atoms with Crippen molar-refractivity contribution in [3.63, 3.8) is 0 Å². The van der Waals surface area contributed by atoms with E-state index in [1.165, 1.54) is 28.0 Å². The maximum absolute atomic E-state index is 13.7. The van der Waals surface area contributed by atoms with Crippen LogP contribution in [0, 0.1) is 0 Å². The van der Waals surface area contributed by atoms with Crippen LogP contribution >= 0.6 is 38.9 Å². The first-order valence-electron chi connectivity index (χ1n) is 10.7. The van der Waals surface area contributed by atoms with Crippen molar-refractivity contribution >= 4 is 50.6 Å². The summed E-state index contributed by atoms with van der Waals surface area (Å²) in [4.78, 5) is 19.5. The Kier molecular flexibility index (Phi) is 5.21. The molecule has 3 nitrogen and oxygen atoms in total. The van der Waals surface area contributed by atoms with E-state index in [0.29, 0.717) is 9.55 Å². The minimum Gasteiger partial charge on any atom is -0.272 e. The summed E-state index contributed by atoms with van der Waals surface area (Å²) in [6, 6.07) is 24.1. The zero-order valence-electron chi connectivity index (χ0n) is 17.5. The van der Waals surface area contributed by atoms with E-state index in [-0.39, 0.29) is 11.6 Å². The quantitative estimate of drug-likeness (QED) is 0.324. The van der Waals surface area contributed by atoms with Gasteiger partial charge in [-0.25, -0.2) is 4.99 Å². The third kappa shape index (κ3) is 3.65. The Morgan fingerprint density at radius 3 is 2.55 bits per heavy atom. The van der Waals surface area contributed by atoms with Crippen LogP contribution in [-0.4, -0.2) is 4.57 Å². The molecule has 6 heteroatoms. The number of benzene rings is 3. The van der Waals surface area contributed by atoms with Crippen molar-refractivity contribution < 1.29 is 0 Å². The zero-order valence-corrected chi connectivity index (χ0v) is 20.6. The molecule has 0 N–H and O–H groups in total. The molecule has 1 aliphatic carbocycles. The van der Waals surface area contributed by atoms with E-state index in [1.54, 1.807) is 0 Å². The minimum absolute atomic E-state index is 0.00738. The van der Waals surface area contributed by atoms with Gasteiger partial charge in [0.1, 0.15) is 0 Å². The summed E-state index contributed by atoms with van der Waals surface area (Å²) in [7, 11) is 0. The largest absolute Gasteiger partial charge is 0.272 e. The Labute approximate surface area is 208 Å². The molecular formula is C27H18BrClN2OS. The van der Waals surface area contributed by atoms with Gasteiger partial charge in [-0.3, -0.25) is 9.36 Å². The zero-order chi connectivity index (χ0) is 22.5. The summed E-state index contributed by atoms with van der Waals surface area (Å²) in [5.41, 5.74) is 6.71. The molecule has 1 atom stereocenters. The molecule has 3 aromatic carbocycles. The van der Waals surface area contributed by atoms with Crippen LogP contribution in [0.5, 0.6) is 0 Å². The summed E-state index contributed by atoms with van der Waals surface area (Å²) >= 11 is 11.1. The number of fused-ring (bicyclic) bond motifs is 3.